The number of hydrogen-bond donors (Lipinski definition) is 2. The van der Waals surface area contributed by atoms with Crippen LogP contribution in [0, 0.1) is 0 Å². The van der Waals surface area contributed by atoms with Crippen molar-refractivity contribution in [2.75, 3.05) is 0 Å². The van der Waals surface area contributed by atoms with Crippen molar-refractivity contribution in [3.8, 4) is 28.6 Å². The maximum atomic E-state index is 12.5. The normalized spacial score (nSPS) is 12.3. The molecule has 6 heteroatoms. The van der Waals surface area contributed by atoms with E-state index >= 15 is 0 Å². The summed E-state index contributed by atoms with van der Waals surface area (Å²) in [7, 11) is -2.11. The Morgan fingerprint density at radius 1 is 1.00 bits per heavy atom. The molecule has 0 radical (unpaired) electrons. The topological polar surface area (TPSA) is 79.9 Å². The first kappa shape index (κ1) is 19.0. The summed E-state index contributed by atoms with van der Waals surface area (Å²) in [5.41, 5.74) is 0.581. The number of rotatable bonds is 3. The van der Waals surface area contributed by atoms with Gasteiger partial charge in [0.25, 0.3) is 0 Å². The summed E-state index contributed by atoms with van der Waals surface area (Å²) in [5.74, 6) is 0.811. The number of hydrogen-bond acceptors (Lipinski definition) is 5. The molecule has 0 unspecified atom stereocenters. The summed E-state index contributed by atoms with van der Waals surface area (Å²) in [6.07, 6.45) is 0. The van der Waals surface area contributed by atoms with Gasteiger partial charge in [-0.1, -0.05) is 20.8 Å². The first-order valence-corrected chi connectivity index (χ1v) is 11.7. The number of benzene rings is 2. The zero-order chi connectivity index (χ0) is 20.0. The van der Waals surface area contributed by atoms with Gasteiger partial charge in [-0.2, -0.15) is 0 Å². The van der Waals surface area contributed by atoms with Crippen LogP contribution >= 0.6 is 0 Å². The third-order valence-electron chi connectivity index (χ3n) is 5.11. The summed E-state index contributed by atoms with van der Waals surface area (Å²) >= 11 is 0. The Hall–Kier alpha value is -2.73. The molecule has 2 aromatic carbocycles. The van der Waals surface area contributed by atoms with Crippen molar-refractivity contribution >= 4 is 19.3 Å². The minimum atomic E-state index is -2.11. The van der Waals surface area contributed by atoms with Gasteiger partial charge in [-0.3, -0.25) is 4.79 Å². The Morgan fingerprint density at radius 2 is 1.63 bits per heavy atom. The van der Waals surface area contributed by atoms with Crippen LogP contribution < -0.4 is 9.85 Å². The van der Waals surface area contributed by atoms with E-state index in [2.05, 4.69) is 33.9 Å². The number of phenols is 2. The lowest BCUT2D eigenvalue weighted by atomic mass is 10.1. The molecule has 0 fully saturated rings. The lowest BCUT2D eigenvalue weighted by molar-refractivity contribution is 0.464. The molecule has 5 nitrogen and oxygen atoms in total. The van der Waals surface area contributed by atoms with E-state index in [-0.39, 0.29) is 32.9 Å². The predicted octanol–water partition coefficient (Wildman–Crippen LogP) is 5.26. The summed E-state index contributed by atoms with van der Waals surface area (Å²) in [6.45, 7) is 10.6. The van der Waals surface area contributed by atoms with Gasteiger partial charge in [-0.05, 0) is 42.4 Å². The molecule has 0 saturated heterocycles. The molecule has 0 aliphatic rings. The van der Waals surface area contributed by atoms with Crippen LogP contribution in [0.25, 0.3) is 22.3 Å². The Kier molecular flexibility index (Phi) is 4.55. The van der Waals surface area contributed by atoms with Crippen LogP contribution in [-0.4, -0.2) is 18.5 Å². The van der Waals surface area contributed by atoms with Crippen molar-refractivity contribution in [2.24, 2.45) is 0 Å². The second-order valence-electron chi connectivity index (χ2n) is 8.20. The van der Waals surface area contributed by atoms with Crippen molar-refractivity contribution < 1.29 is 19.1 Å². The number of phenolic OH excluding ortho intramolecular Hbond substituents is 2. The van der Waals surface area contributed by atoms with Crippen LogP contribution in [0.2, 0.25) is 18.1 Å². The van der Waals surface area contributed by atoms with Crippen LogP contribution in [0.4, 0.5) is 0 Å². The molecule has 27 heavy (non-hydrogen) atoms. The first-order chi connectivity index (χ1) is 12.5. The molecule has 1 heterocycles. The highest BCUT2D eigenvalue weighted by Crippen LogP contribution is 2.39. The van der Waals surface area contributed by atoms with Gasteiger partial charge >= 0.3 is 0 Å². The SMILES string of the molecule is CC(C)(C)[Si](C)(C)Oc1cc(O)c2c(=O)cc(-c3ccc(O)cc3)oc2c1. The van der Waals surface area contributed by atoms with E-state index in [1.54, 1.807) is 18.2 Å². The molecule has 1 aromatic heterocycles. The van der Waals surface area contributed by atoms with Gasteiger partial charge in [0.1, 0.15) is 34.0 Å². The van der Waals surface area contributed by atoms with Crippen LogP contribution in [0.1, 0.15) is 20.8 Å². The quantitative estimate of drug-likeness (QED) is 0.603. The van der Waals surface area contributed by atoms with Gasteiger partial charge < -0.3 is 19.1 Å². The van der Waals surface area contributed by atoms with E-state index in [1.807, 2.05) is 0 Å². The Morgan fingerprint density at radius 3 is 2.22 bits per heavy atom. The van der Waals surface area contributed by atoms with Crippen LogP contribution in [0.5, 0.6) is 17.2 Å². The second-order valence-corrected chi connectivity index (χ2v) is 12.9. The molecule has 0 spiro atoms. The van der Waals surface area contributed by atoms with Gasteiger partial charge in [0.2, 0.25) is 8.32 Å². The second kappa shape index (κ2) is 6.46. The molecule has 0 atom stereocenters. The van der Waals surface area contributed by atoms with Crippen molar-refractivity contribution in [1.82, 2.24) is 0 Å². The van der Waals surface area contributed by atoms with Gasteiger partial charge in [0, 0.05) is 23.8 Å². The van der Waals surface area contributed by atoms with E-state index in [9.17, 15) is 15.0 Å². The monoisotopic (exact) mass is 384 g/mol. The predicted molar refractivity (Wildman–Crippen MR) is 109 cm³/mol. The molecule has 0 amide bonds. The van der Waals surface area contributed by atoms with Gasteiger partial charge in [-0.15, -0.1) is 0 Å². The van der Waals surface area contributed by atoms with Gasteiger partial charge in [-0.25, -0.2) is 0 Å². The summed E-state index contributed by atoms with van der Waals surface area (Å²) < 4.78 is 12.1. The van der Waals surface area contributed by atoms with Crippen molar-refractivity contribution in [3.63, 3.8) is 0 Å². The molecule has 0 aliphatic carbocycles. The smallest absolute Gasteiger partial charge is 0.250 e. The fourth-order valence-corrected chi connectivity index (χ4v) is 3.53. The lowest BCUT2D eigenvalue weighted by Crippen LogP contribution is -2.43. The molecule has 3 rings (SSSR count). The first-order valence-electron chi connectivity index (χ1n) is 8.77. The molecule has 0 bridgehead atoms. The molecular formula is C21H24O5Si. The summed E-state index contributed by atoms with van der Waals surface area (Å²) in [4.78, 5) is 12.5. The molecule has 0 saturated carbocycles. The van der Waals surface area contributed by atoms with Crippen LogP contribution in [0.15, 0.2) is 51.7 Å². The standard InChI is InChI=1S/C21H24O5Si/c1-21(2,3)27(4,5)26-15-10-16(23)20-17(24)12-18(25-19(20)11-15)13-6-8-14(22)9-7-13/h6-12,22-23H,1-5H3. The molecule has 0 aliphatic heterocycles. The van der Waals surface area contributed by atoms with E-state index < -0.39 is 8.32 Å². The summed E-state index contributed by atoms with van der Waals surface area (Å²) in [6, 6.07) is 10.8. The molecule has 3 aromatic rings. The van der Waals surface area contributed by atoms with Gasteiger partial charge in [0.15, 0.2) is 5.43 Å². The van der Waals surface area contributed by atoms with Crippen molar-refractivity contribution in [1.29, 1.82) is 0 Å². The van der Waals surface area contributed by atoms with E-state index in [4.69, 9.17) is 8.84 Å². The third-order valence-corrected chi connectivity index (χ3v) is 9.47. The highest BCUT2D eigenvalue weighted by molar-refractivity contribution is 6.74. The maximum absolute atomic E-state index is 12.5. The number of fused-ring (bicyclic) bond motifs is 1. The largest absolute Gasteiger partial charge is 0.543 e. The molecular weight excluding hydrogens is 360 g/mol. The van der Waals surface area contributed by atoms with E-state index in [1.165, 1.54) is 24.3 Å². The highest BCUT2D eigenvalue weighted by Gasteiger charge is 2.39. The van der Waals surface area contributed by atoms with E-state index in [0.29, 0.717) is 17.1 Å². The molecule has 2 N–H and O–H groups in total. The minimum absolute atomic E-state index is 0.00764. The fraction of sp³-hybridized carbons (Fsp3) is 0.286. The lowest BCUT2D eigenvalue weighted by Gasteiger charge is -2.36. The maximum Gasteiger partial charge on any atom is 0.250 e. The van der Waals surface area contributed by atoms with Crippen LogP contribution in [0.3, 0.4) is 0 Å². The average Bonchev–Trinajstić information content (AvgIpc) is 2.53. The summed E-state index contributed by atoms with van der Waals surface area (Å²) in [5, 5.41) is 19.9. The zero-order valence-electron chi connectivity index (χ0n) is 16.2. The fourth-order valence-electron chi connectivity index (χ4n) is 2.52. The molecule has 142 valence electrons. The average molecular weight is 385 g/mol. The third kappa shape index (κ3) is 3.71. The zero-order valence-corrected chi connectivity index (χ0v) is 17.2. The Labute approximate surface area is 159 Å². The van der Waals surface area contributed by atoms with E-state index in [0.717, 1.165) is 0 Å². The Balaban J connectivity index is 2.13. The van der Waals surface area contributed by atoms with Crippen LogP contribution in [-0.2, 0) is 0 Å². The minimum Gasteiger partial charge on any atom is -0.543 e. The van der Waals surface area contributed by atoms with Gasteiger partial charge in [0.05, 0.1) is 0 Å². The van der Waals surface area contributed by atoms with Crippen molar-refractivity contribution in [2.45, 2.75) is 38.9 Å². The Bertz CT molecular complexity index is 1040. The number of aromatic hydroxyl groups is 2. The van der Waals surface area contributed by atoms with Crippen molar-refractivity contribution in [3.05, 3.63) is 52.7 Å². The highest BCUT2D eigenvalue weighted by atomic mass is 28.4.